The van der Waals surface area contributed by atoms with Gasteiger partial charge < -0.3 is 19.7 Å². The Bertz CT molecular complexity index is 1110. The molecule has 0 aliphatic carbocycles. The number of carbonyl (C=O) groups excluding carboxylic acids is 3. The molecule has 8 nitrogen and oxygen atoms in total. The molecular formula is C26H29N3O5S. The van der Waals surface area contributed by atoms with Crippen molar-refractivity contribution in [2.24, 2.45) is 5.92 Å². The smallest absolute Gasteiger partial charge is 0.294 e. The molecule has 2 aromatic rings. The Morgan fingerprint density at radius 1 is 1.11 bits per heavy atom. The highest BCUT2D eigenvalue weighted by molar-refractivity contribution is 8.18. The minimum absolute atomic E-state index is 0.262. The van der Waals surface area contributed by atoms with E-state index in [1.54, 1.807) is 6.08 Å². The van der Waals surface area contributed by atoms with Crippen LogP contribution in [0.2, 0.25) is 0 Å². The largest absolute Gasteiger partial charge is 0.493 e. The second-order valence-corrected chi connectivity index (χ2v) is 9.70. The highest BCUT2D eigenvalue weighted by atomic mass is 32.2. The lowest BCUT2D eigenvalue weighted by Crippen LogP contribution is -2.36. The van der Waals surface area contributed by atoms with Gasteiger partial charge in [0.2, 0.25) is 5.91 Å². The van der Waals surface area contributed by atoms with Crippen LogP contribution in [0, 0.1) is 5.92 Å². The normalized spacial score (nSPS) is 17.4. The van der Waals surface area contributed by atoms with Gasteiger partial charge in [0, 0.05) is 30.0 Å². The maximum absolute atomic E-state index is 12.9. The topological polar surface area (TPSA) is 88.2 Å². The minimum Gasteiger partial charge on any atom is -0.493 e. The number of nitrogens with one attached hydrogen (secondary N) is 1. The van der Waals surface area contributed by atoms with Crippen LogP contribution in [0.5, 0.6) is 5.75 Å². The van der Waals surface area contributed by atoms with Gasteiger partial charge in [0.15, 0.2) is 0 Å². The van der Waals surface area contributed by atoms with Gasteiger partial charge in [0.05, 0.1) is 24.7 Å². The number of carbonyl (C=O) groups is 3. The molecule has 184 valence electrons. The number of morpholine rings is 1. The van der Waals surface area contributed by atoms with E-state index in [9.17, 15) is 14.4 Å². The van der Waals surface area contributed by atoms with E-state index in [1.165, 1.54) is 0 Å². The fourth-order valence-electron chi connectivity index (χ4n) is 3.69. The fraction of sp³-hybridized carbons (Fsp3) is 0.346. The van der Waals surface area contributed by atoms with Crippen LogP contribution >= 0.6 is 11.8 Å². The number of hydrogen-bond donors (Lipinski definition) is 1. The van der Waals surface area contributed by atoms with Crippen molar-refractivity contribution in [3.05, 3.63) is 59.0 Å². The van der Waals surface area contributed by atoms with Crippen molar-refractivity contribution < 1.29 is 23.9 Å². The summed E-state index contributed by atoms with van der Waals surface area (Å²) >= 11 is 0.823. The van der Waals surface area contributed by atoms with Gasteiger partial charge in [-0.2, -0.15) is 0 Å². The number of para-hydroxylation sites is 1. The average molecular weight is 496 g/mol. The number of imide groups is 1. The maximum Gasteiger partial charge on any atom is 0.294 e. The molecule has 0 bridgehead atoms. The van der Waals surface area contributed by atoms with Crippen molar-refractivity contribution in [1.29, 1.82) is 0 Å². The molecule has 2 aliphatic heterocycles. The molecule has 4 rings (SSSR count). The van der Waals surface area contributed by atoms with Gasteiger partial charge >= 0.3 is 0 Å². The third-order valence-electron chi connectivity index (χ3n) is 5.48. The lowest BCUT2D eigenvalue weighted by atomic mass is 10.1. The average Bonchev–Trinajstić information content (AvgIpc) is 3.11. The first-order valence-corrected chi connectivity index (χ1v) is 12.4. The van der Waals surface area contributed by atoms with Gasteiger partial charge in [0.1, 0.15) is 12.3 Å². The first-order valence-electron chi connectivity index (χ1n) is 11.6. The molecule has 3 amide bonds. The molecule has 35 heavy (non-hydrogen) atoms. The van der Waals surface area contributed by atoms with E-state index in [1.807, 2.05) is 48.5 Å². The number of rotatable bonds is 8. The van der Waals surface area contributed by atoms with E-state index in [0.717, 1.165) is 35.4 Å². The standard InChI is InChI=1S/C26H29N3O5S/c1-18(2)17-34-22-6-4-3-5-19(22)15-23-25(31)29(26(32)35-23)16-24(30)27-20-7-9-21(10-8-20)28-11-13-33-14-12-28/h3-10,15,18H,11-14,16-17H2,1-2H3,(H,27,30)/b23-15+. The third kappa shape index (κ3) is 6.43. The van der Waals surface area contributed by atoms with Crippen LogP contribution in [0.1, 0.15) is 19.4 Å². The van der Waals surface area contributed by atoms with Crippen LogP contribution < -0.4 is 15.0 Å². The number of ether oxygens (including phenoxy) is 2. The van der Waals surface area contributed by atoms with Crippen molar-refractivity contribution in [3.8, 4) is 5.75 Å². The third-order valence-corrected chi connectivity index (χ3v) is 6.39. The lowest BCUT2D eigenvalue weighted by Gasteiger charge is -2.28. The van der Waals surface area contributed by atoms with E-state index in [-0.39, 0.29) is 11.4 Å². The van der Waals surface area contributed by atoms with Crippen LogP contribution in [0.4, 0.5) is 16.2 Å². The Morgan fingerprint density at radius 2 is 1.83 bits per heavy atom. The molecule has 2 saturated heterocycles. The van der Waals surface area contributed by atoms with E-state index in [0.29, 0.717) is 42.7 Å². The van der Waals surface area contributed by atoms with Crippen molar-refractivity contribution in [1.82, 2.24) is 4.90 Å². The molecule has 2 heterocycles. The summed E-state index contributed by atoms with van der Waals surface area (Å²) in [7, 11) is 0. The molecule has 0 aromatic heterocycles. The summed E-state index contributed by atoms with van der Waals surface area (Å²) in [6.07, 6.45) is 1.64. The summed E-state index contributed by atoms with van der Waals surface area (Å²) in [5.74, 6) is 0.0698. The molecule has 0 saturated carbocycles. The van der Waals surface area contributed by atoms with E-state index >= 15 is 0 Å². The predicted octanol–water partition coefficient (Wildman–Crippen LogP) is 4.23. The van der Waals surface area contributed by atoms with Crippen molar-refractivity contribution in [3.63, 3.8) is 0 Å². The zero-order valence-electron chi connectivity index (χ0n) is 19.9. The number of amides is 3. The molecule has 2 aliphatic rings. The lowest BCUT2D eigenvalue weighted by molar-refractivity contribution is -0.127. The number of thioether (sulfide) groups is 1. The van der Waals surface area contributed by atoms with Crippen molar-refractivity contribution >= 4 is 46.3 Å². The fourth-order valence-corrected chi connectivity index (χ4v) is 4.52. The molecule has 0 radical (unpaired) electrons. The number of benzene rings is 2. The Labute approximate surface area is 209 Å². The molecule has 2 fully saturated rings. The molecule has 9 heteroatoms. The molecule has 2 aromatic carbocycles. The summed E-state index contributed by atoms with van der Waals surface area (Å²) < 4.78 is 11.2. The van der Waals surface area contributed by atoms with E-state index in [2.05, 4.69) is 24.1 Å². The molecule has 0 spiro atoms. The van der Waals surface area contributed by atoms with Gasteiger partial charge in [-0.15, -0.1) is 0 Å². The Morgan fingerprint density at radius 3 is 2.54 bits per heavy atom. The van der Waals surface area contributed by atoms with Gasteiger partial charge in [-0.1, -0.05) is 32.0 Å². The SMILES string of the molecule is CC(C)COc1ccccc1/C=C1/SC(=O)N(CC(=O)Nc2ccc(N3CCOCC3)cc2)C1=O. The molecule has 0 unspecified atom stereocenters. The minimum atomic E-state index is -0.489. The van der Waals surface area contributed by atoms with Gasteiger partial charge in [-0.05, 0) is 54.1 Å². The van der Waals surface area contributed by atoms with Gasteiger partial charge in [-0.25, -0.2) is 0 Å². The highest BCUT2D eigenvalue weighted by Gasteiger charge is 2.36. The summed E-state index contributed by atoms with van der Waals surface area (Å²) in [4.78, 5) is 41.4. The Balaban J connectivity index is 1.38. The summed E-state index contributed by atoms with van der Waals surface area (Å²) in [6, 6.07) is 14.8. The van der Waals surface area contributed by atoms with Gasteiger partial charge in [0.25, 0.3) is 11.1 Å². The quantitative estimate of drug-likeness (QED) is 0.548. The number of hydrogen-bond acceptors (Lipinski definition) is 7. The monoisotopic (exact) mass is 495 g/mol. The van der Waals surface area contributed by atoms with Crippen molar-refractivity contribution in [2.45, 2.75) is 13.8 Å². The van der Waals surface area contributed by atoms with Crippen molar-refractivity contribution in [2.75, 3.05) is 49.7 Å². The second-order valence-electron chi connectivity index (χ2n) is 8.71. The first-order chi connectivity index (χ1) is 16.9. The summed E-state index contributed by atoms with van der Waals surface area (Å²) in [6.45, 7) is 7.34. The maximum atomic E-state index is 12.9. The predicted molar refractivity (Wildman–Crippen MR) is 138 cm³/mol. The van der Waals surface area contributed by atoms with Crippen LogP contribution in [0.3, 0.4) is 0 Å². The van der Waals surface area contributed by atoms with Crippen LogP contribution in [0.25, 0.3) is 6.08 Å². The molecule has 0 atom stereocenters. The Kier molecular flexibility index (Phi) is 8.09. The van der Waals surface area contributed by atoms with Crippen LogP contribution in [0.15, 0.2) is 53.4 Å². The summed E-state index contributed by atoms with van der Waals surface area (Å²) in [5, 5.41) is 2.29. The molecular weight excluding hydrogens is 466 g/mol. The zero-order chi connectivity index (χ0) is 24.8. The first kappa shape index (κ1) is 24.8. The highest BCUT2D eigenvalue weighted by Crippen LogP contribution is 2.34. The summed E-state index contributed by atoms with van der Waals surface area (Å²) in [5.41, 5.74) is 2.37. The number of anilines is 2. The van der Waals surface area contributed by atoms with E-state index < -0.39 is 17.1 Å². The van der Waals surface area contributed by atoms with Crippen LogP contribution in [-0.4, -0.2) is 61.4 Å². The van der Waals surface area contributed by atoms with Gasteiger partial charge in [-0.3, -0.25) is 19.3 Å². The van der Waals surface area contributed by atoms with E-state index in [4.69, 9.17) is 9.47 Å². The molecule has 1 N–H and O–H groups in total. The number of nitrogens with zero attached hydrogens (tertiary/aromatic N) is 2. The zero-order valence-corrected chi connectivity index (χ0v) is 20.7. The second kappa shape index (κ2) is 11.4. The Hall–Kier alpha value is -3.30. The van der Waals surface area contributed by atoms with Crippen LogP contribution in [-0.2, 0) is 14.3 Å².